The van der Waals surface area contributed by atoms with Crippen LogP contribution in [0.4, 0.5) is 5.13 Å². The molecule has 0 unspecified atom stereocenters. The Labute approximate surface area is 115 Å². The number of aromatic nitrogens is 2. The summed E-state index contributed by atoms with van der Waals surface area (Å²) in [6.07, 6.45) is 2.54. The van der Waals surface area contributed by atoms with Crippen molar-refractivity contribution in [2.45, 2.75) is 36.5 Å². The molecule has 1 heterocycles. The van der Waals surface area contributed by atoms with Gasteiger partial charge >= 0.3 is 0 Å². The second-order valence-electron chi connectivity index (χ2n) is 4.54. The molecule has 1 aliphatic carbocycles. The van der Waals surface area contributed by atoms with E-state index < -0.39 is 0 Å². The number of aryl methyl sites for hydroxylation is 1. The van der Waals surface area contributed by atoms with Crippen molar-refractivity contribution in [3.63, 3.8) is 0 Å². The van der Waals surface area contributed by atoms with Gasteiger partial charge in [-0.15, -0.1) is 11.8 Å². The molecule has 0 spiro atoms. The summed E-state index contributed by atoms with van der Waals surface area (Å²) in [7, 11) is 0. The first-order valence-electron chi connectivity index (χ1n) is 6.08. The number of benzene rings is 1. The van der Waals surface area contributed by atoms with Gasteiger partial charge in [0.05, 0.1) is 5.75 Å². The number of hydrogen-bond acceptors (Lipinski definition) is 5. The maximum absolute atomic E-state index is 4.50. The van der Waals surface area contributed by atoms with E-state index in [1.807, 2.05) is 0 Å². The van der Waals surface area contributed by atoms with Gasteiger partial charge in [0.25, 0.3) is 0 Å². The summed E-state index contributed by atoms with van der Waals surface area (Å²) in [6.45, 7) is 2.10. The fourth-order valence-electron chi connectivity index (χ4n) is 1.56. The second kappa shape index (κ2) is 5.28. The van der Waals surface area contributed by atoms with Crippen molar-refractivity contribution < 1.29 is 0 Å². The first kappa shape index (κ1) is 12.0. The maximum atomic E-state index is 4.50. The molecule has 1 N–H and O–H groups in total. The summed E-state index contributed by atoms with van der Waals surface area (Å²) in [5.41, 5.74) is 1.29. The molecule has 0 amide bonds. The van der Waals surface area contributed by atoms with Gasteiger partial charge in [-0.05, 0) is 31.9 Å². The molecule has 1 fully saturated rings. The molecule has 18 heavy (non-hydrogen) atoms. The first-order chi connectivity index (χ1) is 8.79. The van der Waals surface area contributed by atoms with Crippen molar-refractivity contribution in [1.82, 2.24) is 9.36 Å². The molecule has 94 valence electrons. The highest BCUT2D eigenvalue weighted by atomic mass is 32.2. The molecular weight excluding hydrogens is 262 g/mol. The van der Waals surface area contributed by atoms with Gasteiger partial charge in [-0.3, -0.25) is 0 Å². The Balaban J connectivity index is 1.55. The highest BCUT2D eigenvalue weighted by Crippen LogP contribution is 2.27. The topological polar surface area (TPSA) is 37.8 Å². The van der Waals surface area contributed by atoms with Crippen LogP contribution in [0.15, 0.2) is 29.2 Å². The van der Waals surface area contributed by atoms with Crippen LogP contribution in [0.2, 0.25) is 0 Å². The molecule has 3 rings (SSSR count). The van der Waals surface area contributed by atoms with Crippen LogP contribution in [0.25, 0.3) is 0 Å². The van der Waals surface area contributed by atoms with Gasteiger partial charge in [-0.1, -0.05) is 17.7 Å². The summed E-state index contributed by atoms with van der Waals surface area (Å²) >= 11 is 3.25. The Morgan fingerprint density at radius 2 is 2.11 bits per heavy atom. The summed E-state index contributed by atoms with van der Waals surface area (Å²) < 4.78 is 4.38. The summed E-state index contributed by atoms with van der Waals surface area (Å²) in [6, 6.07) is 9.22. The average Bonchev–Trinajstić information content (AvgIpc) is 3.07. The predicted molar refractivity (Wildman–Crippen MR) is 77.3 cm³/mol. The van der Waals surface area contributed by atoms with Gasteiger partial charge in [-0.25, -0.2) is 4.98 Å². The first-order valence-corrected chi connectivity index (χ1v) is 7.84. The standard InChI is InChI=1S/C13H15N3S2/c1-9-2-6-11(7-3-9)17-8-12-15-13(18-16-12)14-10-4-5-10/h2-3,6-7,10H,4-5,8H2,1H3,(H,14,15,16). The van der Waals surface area contributed by atoms with E-state index in [4.69, 9.17) is 0 Å². The molecule has 0 aliphatic heterocycles. The Morgan fingerprint density at radius 1 is 1.33 bits per heavy atom. The van der Waals surface area contributed by atoms with E-state index in [2.05, 4.69) is 45.9 Å². The largest absolute Gasteiger partial charge is 0.358 e. The van der Waals surface area contributed by atoms with E-state index in [0.717, 1.165) is 16.7 Å². The zero-order valence-corrected chi connectivity index (χ0v) is 11.9. The lowest BCUT2D eigenvalue weighted by Gasteiger charge is -1.99. The fourth-order valence-corrected chi connectivity index (χ4v) is 3.05. The van der Waals surface area contributed by atoms with E-state index in [1.54, 1.807) is 11.8 Å². The Morgan fingerprint density at radius 3 is 2.83 bits per heavy atom. The minimum Gasteiger partial charge on any atom is -0.358 e. The van der Waals surface area contributed by atoms with Gasteiger partial charge < -0.3 is 5.32 Å². The number of nitrogens with one attached hydrogen (secondary N) is 1. The Bertz CT molecular complexity index is 517. The van der Waals surface area contributed by atoms with Crippen molar-refractivity contribution in [2.75, 3.05) is 5.32 Å². The van der Waals surface area contributed by atoms with Crippen LogP contribution in [0.1, 0.15) is 24.2 Å². The van der Waals surface area contributed by atoms with Crippen molar-refractivity contribution in [3.8, 4) is 0 Å². The number of hydrogen-bond donors (Lipinski definition) is 1. The highest BCUT2D eigenvalue weighted by Gasteiger charge is 2.22. The zero-order valence-electron chi connectivity index (χ0n) is 10.2. The third-order valence-electron chi connectivity index (χ3n) is 2.76. The van der Waals surface area contributed by atoms with Crippen molar-refractivity contribution >= 4 is 28.4 Å². The van der Waals surface area contributed by atoms with Crippen LogP contribution in [-0.4, -0.2) is 15.4 Å². The van der Waals surface area contributed by atoms with E-state index in [9.17, 15) is 0 Å². The quantitative estimate of drug-likeness (QED) is 0.845. The highest BCUT2D eigenvalue weighted by molar-refractivity contribution is 7.98. The Kier molecular flexibility index (Phi) is 3.52. The lowest BCUT2D eigenvalue weighted by Crippen LogP contribution is -1.99. The van der Waals surface area contributed by atoms with Crippen LogP contribution in [0.5, 0.6) is 0 Å². The lowest BCUT2D eigenvalue weighted by atomic mass is 10.2. The van der Waals surface area contributed by atoms with Gasteiger partial charge in [0, 0.05) is 22.5 Å². The van der Waals surface area contributed by atoms with Crippen LogP contribution < -0.4 is 5.32 Å². The molecule has 5 heteroatoms. The number of rotatable bonds is 5. The zero-order chi connectivity index (χ0) is 12.4. The number of nitrogens with zero attached hydrogens (tertiary/aromatic N) is 2. The molecule has 2 aromatic rings. The van der Waals surface area contributed by atoms with Crippen LogP contribution >= 0.6 is 23.3 Å². The summed E-state index contributed by atoms with van der Waals surface area (Å²) in [4.78, 5) is 5.77. The van der Waals surface area contributed by atoms with Crippen LogP contribution in [0, 0.1) is 6.92 Å². The molecule has 0 saturated heterocycles. The van der Waals surface area contributed by atoms with Gasteiger partial charge in [0.2, 0.25) is 5.13 Å². The molecule has 1 saturated carbocycles. The van der Waals surface area contributed by atoms with E-state index >= 15 is 0 Å². The van der Waals surface area contributed by atoms with Crippen LogP contribution in [0.3, 0.4) is 0 Å². The van der Waals surface area contributed by atoms with Crippen molar-refractivity contribution in [3.05, 3.63) is 35.7 Å². The molecular formula is C13H15N3S2. The molecule has 1 aromatic carbocycles. The number of thioether (sulfide) groups is 1. The molecule has 1 aliphatic rings. The van der Waals surface area contributed by atoms with E-state index in [1.165, 1.54) is 34.8 Å². The molecule has 0 atom stereocenters. The molecule has 0 radical (unpaired) electrons. The molecule has 3 nitrogen and oxygen atoms in total. The smallest absolute Gasteiger partial charge is 0.202 e. The van der Waals surface area contributed by atoms with Crippen molar-refractivity contribution in [1.29, 1.82) is 0 Å². The normalized spacial score (nSPS) is 14.7. The molecule has 1 aromatic heterocycles. The third-order valence-corrected chi connectivity index (χ3v) is 4.45. The predicted octanol–water partition coefficient (Wildman–Crippen LogP) is 3.71. The van der Waals surface area contributed by atoms with Gasteiger partial charge in [0.1, 0.15) is 0 Å². The monoisotopic (exact) mass is 277 g/mol. The minimum absolute atomic E-state index is 0.649. The summed E-state index contributed by atoms with van der Waals surface area (Å²) in [5, 5.41) is 4.35. The molecule has 0 bridgehead atoms. The lowest BCUT2D eigenvalue weighted by molar-refractivity contribution is 1.09. The average molecular weight is 277 g/mol. The minimum atomic E-state index is 0.649. The number of anilines is 1. The van der Waals surface area contributed by atoms with Gasteiger partial charge in [0.15, 0.2) is 5.82 Å². The maximum Gasteiger partial charge on any atom is 0.202 e. The van der Waals surface area contributed by atoms with Crippen LogP contribution in [-0.2, 0) is 5.75 Å². The van der Waals surface area contributed by atoms with Gasteiger partial charge in [-0.2, -0.15) is 4.37 Å². The van der Waals surface area contributed by atoms with E-state index in [0.29, 0.717) is 6.04 Å². The third kappa shape index (κ3) is 3.23. The van der Waals surface area contributed by atoms with E-state index in [-0.39, 0.29) is 0 Å². The Hall–Kier alpha value is -1.07. The second-order valence-corrected chi connectivity index (χ2v) is 6.34. The summed E-state index contributed by atoms with van der Waals surface area (Å²) in [5.74, 6) is 1.76. The van der Waals surface area contributed by atoms with Crippen molar-refractivity contribution in [2.24, 2.45) is 0 Å². The SMILES string of the molecule is Cc1ccc(SCc2nsc(NC3CC3)n2)cc1. The fraction of sp³-hybridized carbons (Fsp3) is 0.385.